The van der Waals surface area contributed by atoms with Crippen LogP contribution >= 0.6 is 23.1 Å². The zero-order valence-electron chi connectivity index (χ0n) is 11.8. The number of aryl methyl sites for hydroxylation is 1. The summed E-state index contributed by atoms with van der Waals surface area (Å²) in [6, 6.07) is 2.06. The van der Waals surface area contributed by atoms with Crippen LogP contribution in [0, 0.1) is 11.8 Å². The summed E-state index contributed by atoms with van der Waals surface area (Å²) in [5.74, 6) is 8.10. The van der Waals surface area contributed by atoms with Gasteiger partial charge in [0.15, 0.2) is 5.16 Å². The Balaban J connectivity index is 1.71. The number of nitrogens with two attached hydrogens (primary N) is 1. The maximum atomic E-state index is 5.44. The summed E-state index contributed by atoms with van der Waals surface area (Å²) in [6.07, 6.45) is 4.80. The molecule has 0 radical (unpaired) electrons. The van der Waals surface area contributed by atoms with Crippen LogP contribution in [0.5, 0.6) is 0 Å². The van der Waals surface area contributed by atoms with E-state index in [1.165, 1.54) is 24.1 Å². The minimum absolute atomic E-state index is 0.403. The van der Waals surface area contributed by atoms with Crippen molar-refractivity contribution < 1.29 is 0 Å². The van der Waals surface area contributed by atoms with E-state index < -0.39 is 0 Å². The lowest BCUT2D eigenvalue weighted by atomic mass is 10.2. The van der Waals surface area contributed by atoms with Crippen LogP contribution in [-0.2, 0) is 18.7 Å². The van der Waals surface area contributed by atoms with Crippen LogP contribution in [0.4, 0.5) is 0 Å². The highest BCUT2D eigenvalue weighted by molar-refractivity contribution is 7.98. The van der Waals surface area contributed by atoms with Gasteiger partial charge in [0.25, 0.3) is 0 Å². The fourth-order valence-electron chi connectivity index (χ4n) is 2.41. The van der Waals surface area contributed by atoms with E-state index in [1.807, 2.05) is 0 Å². The molecule has 0 amide bonds. The van der Waals surface area contributed by atoms with Gasteiger partial charge < -0.3 is 10.3 Å². The summed E-state index contributed by atoms with van der Waals surface area (Å²) in [4.78, 5) is 1.28. The fourth-order valence-corrected chi connectivity index (χ4v) is 4.34. The largest absolute Gasteiger partial charge is 0.320 e. The summed E-state index contributed by atoms with van der Waals surface area (Å²) in [6.45, 7) is 1.45. The van der Waals surface area contributed by atoms with Crippen LogP contribution in [0.25, 0.3) is 0 Å². The van der Waals surface area contributed by atoms with Crippen molar-refractivity contribution in [2.45, 2.75) is 43.1 Å². The van der Waals surface area contributed by atoms with E-state index in [-0.39, 0.29) is 0 Å². The second-order valence-corrected chi connectivity index (χ2v) is 6.86. The molecule has 2 N–H and O–H groups in total. The third kappa shape index (κ3) is 3.49. The normalized spacial score (nSPS) is 14.1. The lowest BCUT2D eigenvalue weighted by Crippen LogP contribution is -2.02. The predicted octanol–water partition coefficient (Wildman–Crippen LogP) is 2.67. The Kier molecular flexibility index (Phi) is 4.96. The number of fused-ring (bicyclic) bond motifs is 1. The molecule has 0 fully saturated rings. The molecular formula is C15H18N4S2. The lowest BCUT2D eigenvalue weighted by molar-refractivity contribution is 0.591. The highest BCUT2D eigenvalue weighted by Crippen LogP contribution is 2.28. The maximum absolute atomic E-state index is 5.44. The molecule has 2 aromatic heterocycles. The van der Waals surface area contributed by atoms with Crippen LogP contribution in [-0.4, -0.2) is 21.3 Å². The second kappa shape index (κ2) is 7.12. The molecule has 0 aromatic carbocycles. The molecule has 6 heteroatoms. The van der Waals surface area contributed by atoms with Crippen LogP contribution in [0.1, 0.15) is 35.5 Å². The molecule has 3 heterocycles. The standard InChI is InChI=1S/C15H18N4S2/c16-8-4-5-12-7-10-20-13(12)11-21-15-18-17-14-6-2-1-3-9-19(14)15/h7,10H,1-3,6,8-9,11,16H2. The van der Waals surface area contributed by atoms with Crippen molar-refractivity contribution in [3.63, 3.8) is 0 Å². The molecular weight excluding hydrogens is 300 g/mol. The summed E-state index contributed by atoms with van der Waals surface area (Å²) in [5, 5.41) is 11.8. The molecule has 4 nitrogen and oxygen atoms in total. The monoisotopic (exact) mass is 318 g/mol. The molecule has 1 aliphatic rings. The number of thiophene rings is 1. The Morgan fingerprint density at radius 3 is 3.19 bits per heavy atom. The molecule has 0 atom stereocenters. The quantitative estimate of drug-likeness (QED) is 0.698. The topological polar surface area (TPSA) is 56.7 Å². The third-order valence-electron chi connectivity index (χ3n) is 3.48. The van der Waals surface area contributed by atoms with Crippen LogP contribution in [0.15, 0.2) is 16.6 Å². The number of aromatic nitrogens is 3. The molecule has 21 heavy (non-hydrogen) atoms. The Labute approximate surface area is 133 Å². The SMILES string of the molecule is NCC#Cc1ccsc1CSc1nnc2n1CCCCC2. The van der Waals surface area contributed by atoms with Gasteiger partial charge in [-0.15, -0.1) is 21.5 Å². The van der Waals surface area contributed by atoms with Crippen LogP contribution in [0.3, 0.4) is 0 Å². The van der Waals surface area contributed by atoms with Gasteiger partial charge in [0.2, 0.25) is 0 Å². The first-order valence-electron chi connectivity index (χ1n) is 7.18. The van der Waals surface area contributed by atoms with Crippen LogP contribution in [0.2, 0.25) is 0 Å². The van der Waals surface area contributed by atoms with Gasteiger partial charge in [0, 0.05) is 29.2 Å². The molecule has 0 unspecified atom stereocenters. The van der Waals surface area contributed by atoms with E-state index in [1.54, 1.807) is 23.1 Å². The van der Waals surface area contributed by atoms with Gasteiger partial charge in [-0.25, -0.2) is 0 Å². The minimum atomic E-state index is 0.403. The number of hydrogen-bond donors (Lipinski definition) is 1. The fraction of sp³-hybridized carbons (Fsp3) is 0.467. The zero-order valence-corrected chi connectivity index (χ0v) is 13.5. The lowest BCUT2D eigenvalue weighted by Gasteiger charge is -2.05. The van der Waals surface area contributed by atoms with Crippen LogP contribution < -0.4 is 5.73 Å². The van der Waals surface area contributed by atoms with Crippen molar-refractivity contribution >= 4 is 23.1 Å². The van der Waals surface area contributed by atoms with E-state index in [4.69, 9.17) is 5.73 Å². The van der Waals surface area contributed by atoms with Gasteiger partial charge in [-0.1, -0.05) is 30.0 Å². The Morgan fingerprint density at radius 1 is 1.33 bits per heavy atom. The van der Waals surface area contributed by atoms with Crippen molar-refractivity contribution in [1.29, 1.82) is 0 Å². The zero-order chi connectivity index (χ0) is 14.5. The molecule has 3 rings (SSSR count). The van der Waals surface area contributed by atoms with Crippen molar-refractivity contribution in [2.75, 3.05) is 6.54 Å². The van der Waals surface area contributed by atoms with E-state index in [0.29, 0.717) is 6.54 Å². The maximum Gasteiger partial charge on any atom is 0.191 e. The molecule has 0 bridgehead atoms. The van der Waals surface area contributed by atoms with E-state index in [0.717, 1.165) is 35.3 Å². The summed E-state index contributed by atoms with van der Waals surface area (Å²) in [5.41, 5.74) is 6.53. The number of thioether (sulfide) groups is 1. The Bertz CT molecular complexity index is 663. The molecule has 0 spiro atoms. The number of rotatable bonds is 3. The molecule has 0 saturated carbocycles. The minimum Gasteiger partial charge on any atom is -0.320 e. The first kappa shape index (κ1) is 14.6. The van der Waals surface area contributed by atoms with Crippen molar-refractivity contribution in [3.8, 4) is 11.8 Å². The first-order valence-corrected chi connectivity index (χ1v) is 9.05. The summed E-state index contributed by atoms with van der Waals surface area (Å²) in [7, 11) is 0. The molecule has 0 aliphatic carbocycles. The van der Waals surface area contributed by atoms with Gasteiger partial charge in [-0.2, -0.15) is 0 Å². The van der Waals surface area contributed by atoms with Gasteiger partial charge in [-0.3, -0.25) is 0 Å². The molecule has 1 aliphatic heterocycles. The third-order valence-corrected chi connectivity index (χ3v) is 5.58. The van der Waals surface area contributed by atoms with Crippen molar-refractivity contribution in [2.24, 2.45) is 5.73 Å². The molecule has 0 saturated heterocycles. The average molecular weight is 318 g/mol. The Morgan fingerprint density at radius 2 is 2.29 bits per heavy atom. The van der Waals surface area contributed by atoms with Gasteiger partial charge in [0.05, 0.1) is 6.54 Å². The highest BCUT2D eigenvalue weighted by Gasteiger charge is 2.15. The molecule has 2 aromatic rings. The van der Waals surface area contributed by atoms with Crippen molar-refractivity contribution in [1.82, 2.24) is 14.8 Å². The first-order chi connectivity index (χ1) is 10.4. The molecule has 110 valence electrons. The summed E-state index contributed by atoms with van der Waals surface area (Å²) >= 11 is 3.50. The predicted molar refractivity (Wildman–Crippen MR) is 87.4 cm³/mol. The Hall–Kier alpha value is -1.29. The highest BCUT2D eigenvalue weighted by atomic mass is 32.2. The van der Waals surface area contributed by atoms with E-state index in [2.05, 4.69) is 38.1 Å². The van der Waals surface area contributed by atoms with E-state index >= 15 is 0 Å². The van der Waals surface area contributed by atoms with E-state index in [9.17, 15) is 0 Å². The van der Waals surface area contributed by atoms with Crippen molar-refractivity contribution in [3.05, 3.63) is 27.7 Å². The van der Waals surface area contributed by atoms with Gasteiger partial charge in [-0.05, 0) is 24.3 Å². The number of hydrogen-bond acceptors (Lipinski definition) is 5. The summed E-state index contributed by atoms with van der Waals surface area (Å²) < 4.78 is 2.29. The smallest absolute Gasteiger partial charge is 0.191 e. The van der Waals surface area contributed by atoms with Gasteiger partial charge in [0.1, 0.15) is 5.82 Å². The average Bonchev–Trinajstić information content (AvgIpc) is 3.03. The number of nitrogens with zero attached hydrogens (tertiary/aromatic N) is 3. The second-order valence-electron chi connectivity index (χ2n) is 4.91. The van der Waals surface area contributed by atoms with Gasteiger partial charge >= 0.3 is 0 Å².